The first-order valence-corrected chi connectivity index (χ1v) is 9.23. The van der Waals surface area contributed by atoms with Gasteiger partial charge in [-0.25, -0.2) is 16.8 Å². The van der Waals surface area contributed by atoms with Crippen molar-refractivity contribution < 1.29 is 52.0 Å². The van der Waals surface area contributed by atoms with Crippen LogP contribution in [0, 0.1) is 0 Å². The summed E-state index contributed by atoms with van der Waals surface area (Å²) < 4.78 is 111. The average molecular weight is 423 g/mol. The lowest BCUT2D eigenvalue weighted by Gasteiger charge is -2.46. The van der Waals surface area contributed by atoms with Crippen LogP contribution in [-0.2, 0) is 20.0 Å². The zero-order valence-electron chi connectivity index (χ0n) is 14.3. The van der Waals surface area contributed by atoms with Crippen LogP contribution in [0.2, 0.25) is 0 Å². The summed E-state index contributed by atoms with van der Waals surface area (Å²) in [6.07, 6.45) is 0. The quantitative estimate of drug-likeness (QED) is 0.494. The van der Waals surface area contributed by atoms with E-state index in [1.165, 1.54) is 0 Å². The summed E-state index contributed by atoms with van der Waals surface area (Å²) in [6, 6.07) is 0. The van der Waals surface area contributed by atoms with E-state index in [4.69, 9.17) is 0 Å². The van der Waals surface area contributed by atoms with Gasteiger partial charge in [-0.05, 0) is 6.92 Å². The van der Waals surface area contributed by atoms with E-state index < -0.39 is 31.1 Å². The molecule has 0 aliphatic carbocycles. The van der Waals surface area contributed by atoms with Crippen molar-refractivity contribution in [1.29, 1.82) is 0 Å². The Morgan fingerprint density at radius 1 is 0.800 bits per heavy atom. The normalized spacial score (nSPS) is 14.7. The molecule has 25 heavy (non-hydrogen) atoms. The van der Waals surface area contributed by atoms with Crippen LogP contribution in [0.15, 0.2) is 0 Å². The molecule has 152 valence electrons. The van der Waals surface area contributed by atoms with E-state index >= 15 is 0 Å². The molecule has 0 bridgehead atoms. The van der Waals surface area contributed by atoms with Gasteiger partial charge in [-0.15, -0.1) is 0 Å². The third-order valence-corrected chi connectivity index (χ3v) is 5.00. The minimum absolute atomic E-state index is 0.778. The molecule has 0 atom stereocenters. The van der Waals surface area contributed by atoms with Gasteiger partial charge in [-0.3, -0.25) is 0 Å². The van der Waals surface area contributed by atoms with E-state index in [1.807, 2.05) is 0 Å². The fourth-order valence-corrected chi connectivity index (χ4v) is 2.94. The molecule has 0 fully saturated rings. The van der Waals surface area contributed by atoms with Gasteiger partial charge in [0.15, 0.2) is 20.0 Å². The summed E-state index contributed by atoms with van der Waals surface area (Å²) in [4.78, 5) is 0. The molecule has 7 nitrogen and oxygen atoms in total. The summed E-state index contributed by atoms with van der Waals surface area (Å²) in [5.41, 5.74) is -12.4. The first-order chi connectivity index (χ1) is 10.5. The molecule has 0 saturated carbocycles. The van der Waals surface area contributed by atoms with E-state index in [0.29, 0.717) is 0 Å². The molecule has 0 amide bonds. The Labute approximate surface area is 144 Å². The highest BCUT2D eigenvalue weighted by Crippen LogP contribution is 2.36. The van der Waals surface area contributed by atoms with Gasteiger partial charge in [0.05, 0.1) is 0 Å². The van der Waals surface area contributed by atoms with E-state index in [9.17, 15) is 43.2 Å². The van der Waals surface area contributed by atoms with E-state index in [2.05, 4.69) is 49.7 Å². The Morgan fingerprint density at radius 2 is 1.08 bits per heavy atom. The second-order valence-corrected chi connectivity index (χ2v) is 9.67. The van der Waals surface area contributed by atoms with Gasteiger partial charge in [0.2, 0.25) is 0 Å². The Balaban J connectivity index is 0. The molecule has 0 aromatic heterocycles. The van der Waals surface area contributed by atoms with Gasteiger partial charge in [-0.1, -0.05) is 0 Å². The van der Waals surface area contributed by atoms with Crippen LogP contribution < -0.4 is 0 Å². The van der Waals surface area contributed by atoms with Crippen LogP contribution in [0.25, 0.3) is 4.13 Å². The maximum atomic E-state index is 11.4. The second-order valence-electron chi connectivity index (χ2n) is 6.24. The summed E-state index contributed by atoms with van der Waals surface area (Å²) in [5, 5.41) is 0. The third-order valence-electron chi connectivity index (χ3n) is 2.26. The van der Waals surface area contributed by atoms with Crippen LogP contribution >= 0.6 is 0 Å². The average Bonchev–Trinajstić information content (AvgIpc) is 2.21. The van der Waals surface area contributed by atoms with Crippen molar-refractivity contribution in [2.24, 2.45) is 0 Å². The van der Waals surface area contributed by atoms with Crippen molar-refractivity contribution in [3.63, 3.8) is 0 Å². The summed E-state index contributed by atoms with van der Waals surface area (Å²) in [5.74, 6) is 0. The van der Waals surface area contributed by atoms with E-state index in [1.54, 1.807) is 0 Å². The Morgan fingerprint density at radius 3 is 1.20 bits per heavy atom. The molecule has 0 saturated heterocycles. The van der Waals surface area contributed by atoms with E-state index in [0.717, 1.165) is 19.5 Å². The molecule has 0 rings (SSSR count). The fraction of sp³-hybridized carbons (Fsp3) is 1.00. The highest BCUT2D eigenvalue weighted by Gasteiger charge is 2.46. The van der Waals surface area contributed by atoms with Gasteiger partial charge in [-0.2, -0.15) is 26.3 Å². The Bertz CT molecular complexity index is 596. The molecular formula is C9H20BF6N3O4S2. The third kappa shape index (κ3) is 10.2. The Kier molecular flexibility index (Phi) is 8.51. The summed E-state index contributed by atoms with van der Waals surface area (Å²) >= 11 is 0. The standard InChI is InChI=1S/C7H20BN2.C2F6NO4S2/c1-7-10(5,6)8-9(2,3)4;3-1(4,5)14(10,11)9-15(12,13)2(6,7)8/h7H2,1-6H3;/q+1;-1. The maximum Gasteiger partial charge on any atom is 0.480 e. The molecule has 0 unspecified atom stereocenters. The molecule has 0 spiro atoms. The van der Waals surface area contributed by atoms with Gasteiger partial charge < -0.3 is 12.9 Å². The van der Waals surface area contributed by atoms with Gasteiger partial charge in [0, 0.05) is 41.8 Å². The van der Waals surface area contributed by atoms with Crippen molar-refractivity contribution in [3.8, 4) is 0 Å². The minimum Gasteiger partial charge on any atom is -0.510 e. The van der Waals surface area contributed by atoms with Crippen molar-refractivity contribution in [2.75, 3.05) is 41.8 Å². The largest absolute Gasteiger partial charge is 0.510 e. The van der Waals surface area contributed by atoms with Crippen molar-refractivity contribution in [1.82, 2.24) is 0 Å². The van der Waals surface area contributed by atoms with Gasteiger partial charge in [0.25, 0.3) is 0 Å². The molecule has 0 aliphatic rings. The number of hydrogen-bond donors (Lipinski definition) is 0. The number of hydrogen-bond acceptors (Lipinski definition) is 4. The smallest absolute Gasteiger partial charge is 0.480 e. The number of sulfonamides is 2. The van der Waals surface area contributed by atoms with Gasteiger partial charge >= 0.3 is 18.6 Å². The molecule has 2 radical (unpaired) electrons. The van der Waals surface area contributed by atoms with Crippen LogP contribution in [0.5, 0.6) is 0 Å². The zero-order valence-corrected chi connectivity index (χ0v) is 16.0. The number of quaternary nitrogens is 2. The number of nitrogens with zero attached hydrogens (tertiary/aromatic N) is 3. The fourth-order valence-electron chi connectivity index (χ4n) is 1.23. The van der Waals surface area contributed by atoms with Gasteiger partial charge in [0.1, 0.15) is 0 Å². The highest BCUT2D eigenvalue weighted by molar-refractivity contribution is 8.13. The topological polar surface area (TPSA) is 82.4 Å². The second kappa shape index (κ2) is 7.98. The van der Waals surface area contributed by atoms with Crippen molar-refractivity contribution >= 4 is 27.6 Å². The van der Waals surface area contributed by atoms with Crippen LogP contribution in [0.1, 0.15) is 6.92 Å². The molecule has 16 heteroatoms. The molecule has 0 aromatic carbocycles. The Hall–Kier alpha value is -0.575. The zero-order chi connectivity index (χ0) is 21.1. The number of alkyl halides is 6. The lowest BCUT2D eigenvalue weighted by atomic mass is 10.00. The van der Waals surface area contributed by atoms with Crippen molar-refractivity contribution in [2.45, 2.75) is 17.9 Å². The first-order valence-electron chi connectivity index (χ1n) is 6.35. The van der Waals surface area contributed by atoms with E-state index in [-0.39, 0.29) is 0 Å². The first kappa shape index (κ1) is 26.7. The number of halogens is 6. The van der Waals surface area contributed by atoms with Crippen LogP contribution in [0.3, 0.4) is 0 Å². The van der Waals surface area contributed by atoms with Crippen molar-refractivity contribution in [3.05, 3.63) is 4.13 Å². The lowest BCUT2D eigenvalue weighted by Crippen LogP contribution is -2.56. The predicted molar refractivity (Wildman–Crippen MR) is 79.7 cm³/mol. The predicted octanol–water partition coefficient (Wildman–Crippen LogP) is 1.38. The highest BCUT2D eigenvalue weighted by atomic mass is 32.3. The lowest BCUT2D eigenvalue weighted by molar-refractivity contribution is -0.879. The molecule has 0 aromatic rings. The molecule has 0 aliphatic heterocycles. The minimum atomic E-state index is -6.72. The van der Waals surface area contributed by atoms with Crippen LogP contribution in [-0.4, -0.2) is 86.0 Å². The monoisotopic (exact) mass is 423 g/mol. The summed E-state index contributed by atoms with van der Waals surface area (Å²) in [6.45, 7) is 3.35. The maximum absolute atomic E-state index is 11.4. The molecule has 0 N–H and O–H groups in total. The van der Waals surface area contributed by atoms with Crippen LogP contribution in [0.4, 0.5) is 26.3 Å². The molecular weight excluding hydrogens is 403 g/mol. The SMILES string of the molecule is CC[N+](C)(C)[B-][N+](C)(C)C.O=S(=O)([N-]S(=O)(=O)C(F)(F)F)C(F)(F)F. The summed E-state index contributed by atoms with van der Waals surface area (Å²) in [7, 11) is -0.185. The molecule has 0 heterocycles. The number of rotatable bonds is 5.